The number of benzene rings is 1. The van der Waals surface area contributed by atoms with Gasteiger partial charge in [-0.25, -0.2) is 5.84 Å². The Bertz CT molecular complexity index is 384. The number of hydrogen-bond acceptors (Lipinski definition) is 5. The van der Waals surface area contributed by atoms with E-state index in [2.05, 4.69) is 12.3 Å². The van der Waals surface area contributed by atoms with Crippen molar-refractivity contribution >= 4 is 17.7 Å². The molecule has 1 rings (SSSR count). The Morgan fingerprint density at radius 3 is 2.68 bits per heavy atom. The highest BCUT2D eigenvalue weighted by molar-refractivity contribution is 7.99. The Morgan fingerprint density at radius 1 is 1.42 bits per heavy atom. The number of nitrogens with one attached hydrogen (secondary N) is 1. The zero-order valence-electron chi connectivity index (χ0n) is 11.1. The van der Waals surface area contributed by atoms with Crippen molar-refractivity contribution in [2.24, 2.45) is 17.5 Å². The summed E-state index contributed by atoms with van der Waals surface area (Å²) in [5.41, 5.74) is 8.14. The van der Waals surface area contributed by atoms with Gasteiger partial charge in [-0.1, -0.05) is 6.92 Å². The summed E-state index contributed by atoms with van der Waals surface area (Å²) in [5.74, 6) is 8.01. The number of amides is 1. The summed E-state index contributed by atoms with van der Waals surface area (Å²) < 4.78 is 5.57. The lowest BCUT2D eigenvalue weighted by Gasteiger charge is -2.09. The van der Waals surface area contributed by atoms with Gasteiger partial charge < -0.3 is 10.5 Å². The zero-order chi connectivity index (χ0) is 14.1. The molecule has 0 fully saturated rings. The van der Waals surface area contributed by atoms with Crippen LogP contribution in [-0.4, -0.2) is 30.6 Å². The summed E-state index contributed by atoms with van der Waals surface area (Å²) in [5, 5.41) is 0. The number of hydrogen-bond donors (Lipinski definition) is 3. The minimum atomic E-state index is -0.308. The predicted octanol–water partition coefficient (Wildman–Crippen LogP) is 0.997. The molecule has 106 valence electrons. The van der Waals surface area contributed by atoms with Crippen LogP contribution in [0.25, 0.3) is 0 Å². The third-order valence-corrected chi connectivity index (χ3v) is 3.81. The normalized spacial score (nSPS) is 11.9. The summed E-state index contributed by atoms with van der Waals surface area (Å²) in [6.07, 6.45) is 0. The Balaban J connectivity index is 2.25. The molecule has 6 heteroatoms. The molecule has 1 aromatic rings. The van der Waals surface area contributed by atoms with E-state index in [1.807, 2.05) is 11.8 Å². The molecule has 1 aromatic carbocycles. The summed E-state index contributed by atoms with van der Waals surface area (Å²) in [4.78, 5) is 11.2. The third kappa shape index (κ3) is 5.96. The standard InChI is InChI=1S/C13H21N3O2S/c1-10(8-14)9-19-7-6-18-12-4-2-11(3-5-12)13(17)16-15/h2-5,10H,6-9,14-15H2,1H3,(H,16,17). The molecule has 1 atom stereocenters. The summed E-state index contributed by atoms with van der Waals surface area (Å²) in [6, 6.07) is 6.89. The van der Waals surface area contributed by atoms with Crippen molar-refractivity contribution in [3.63, 3.8) is 0 Å². The average Bonchev–Trinajstić information content (AvgIpc) is 2.46. The van der Waals surface area contributed by atoms with Crippen molar-refractivity contribution in [2.45, 2.75) is 6.92 Å². The van der Waals surface area contributed by atoms with Crippen LogP contribution >= 0.6 is 11.8 Å². The number of rotatable bonds is 8. The van der Waals surface area contributed by atoms with E-state index in [-0.39, 0.29) is 5.91 Å². The van der Waals surface area contributed by atoms with E-state index in [0.29, 0.717) is 18.1 Å². The molecule has 0 saturated heterocycles. The SMILES string of the molecule is CC(CN)CSCCOc1ccc(C(=O)NN)cc1. The number of nitrogens with two attached hydrogens (primary N) is 2. The number of carbonyl (C=O) groups excluding carboxylic acids is 1. The second-order valence-electron chi connectivity index (χ2n) is 4.26. The highest BCUT2D eigenvalue weighted by Gasteiger charge is 2.03. The minimum Gasteiger partial charge on any atom is -0.493 e. The molecule has 5 nitrogen and oxygen atoms in total. The van der Waals surface area contributed by atoms with Crippen molar-refractivity contribution in [1.29, 1.82) is 0 Å². The lowest BCUT2D eigenvalue weighted by molar-refractivity contribution is 0.0953. The molecule has 0 aliphatic rings. The molecule has 1 amide bonds. The Hall–Kier alpha value is -1.24. The van der Waals surface area contributed by atoms with E-state index in [1.165, 1.54) is 0 Å². The first-order valence-electron chi connectivity index (χ1n) is 6.19. The Kier molecular flexibility index (Phi) is 7.32. The number of ether oxygens (including phenoxy) is 1. The Labute approximate surface area is 118 Å². The van der Waals surface area contributed by atoms with Crippen molar-refractivity contribution in [2.75, 3.05) is 24.7 Å². The fraction of sp³-hybridized carbons (Fsp3) is 0.462. The van der Waals surface area contributed by atoms with Gasteiger partial charge in [0.1, 0.15) is 5.75 Å². The molecule has 0 saturated carbocycles. The van der Waals surface area contributed by atoms with Crippen LogP contribution < -0.4 is 21.7 Å². The van der Waals surface area contributed by atoms with Crippen LogP contribution in [0.15, 0.2) is 24.3 Å². The minimum absolute atomic E-state index is 0.308. The second-order valence-corrected chi connectivity index (χ2v) is 5.41. The van der Waals surface area contributed by atoms with E-state index in [1.54, 1.807) is 24.3 Å². The smallest absolute Gasteiger partial charge is 0.265 e. The van der Waals surface area contributed by atoms with Crippen LogP contribution in [0.1, 0.15) is 17.3 Å². The molecule has 0 bridgehead atoms. The van der Waals surface area contributed by atoms with Gasteiger partial charge in [-0.2, -0.15) is 11.8 Å². The van der Waals surface area contributed by atoms with Crippen molar-refractivity contribution in [1.82, 2.24) is 5.43 Å². The van der Waals surface area contributed by atoms with Crippen molar-refractivity contribution < 1.29 is 9.53 Å². The van der Waals surface area contributed by atoms with Crippen molar-refractivity contribution in [3.05, 3.63) is 29.8 Å². The molecule has 19 heavy (non-hydrogen) atoms. The van der Waals surface area contributed by atoms with Crippen LogP contribution in [0.5, 0.6) is 5.75 Å². The van der Waals surface area contributed by atoms with Gasteiger partial charge in [-0.15, -0.1) is 0 Å². The van der Waals surface area contributed by atoms with Crippen LogP contribution in [0, 0.1) is 5.92 Å². The van der Waals surface area contributed by atoms with E-state index in [4.69, 9.17) is 16.3 Å². The van der Waals surface area contributed by atoms with Gasteiger partial charge >= 0.3 is 0 Å². The summed E-state index contributed by atoms with van der Waals surface area (Å²) >= 11 is 1.83. The number of thioether (sulfide) groups is 1. The molecular formula is C13H21N3O2S. The highest BCUT2D eigenvalue weighted by Crippen LogP contribution is 2.13. The van der Waals surface area contributed by atoms with Gasteiger partial charge in [0.05, 0.1) is 6.61 Å². The Morgan fingerprint density at radius 2 is 2.11 bits per heavy atom. The lowest BCUT2D eigenvalue weighted by atomic mass is 10.2. The van der Waals surface area contributed by atoms with Gasteiger partial charge in [0.15, 0.2) is 0 Å². The predicted molar refractivity (Wildman–Crippen MR) is 79.1 cm³/mol. The van der Waals surface area contributed by atoms with Crippen LogP contribution in [0.3, 0.4) is 0 Å². The van der Waals surface area contributed by atoms with Crippen LogP contribution in [0.2, 0.25) is 0 Å². The zero-order valence-corrected chi connectivity index (χ0v) is 11.9. The summed E-state index contributed by atoms with van der Waals surface area (Å²) in [6.45, 7) is 3.50. The molecule has 0 heterocycles. The van der Waals surface area contributed by atoms with Gasteiger partial charge in [0.2, 0.25) is 0 Å². The third-order valence-electron chi connectivity index (χ3n) is 2.55. The largest absolute Gasteiger partial charge is 0.493 e. The maximum Gasteiger partial charge on any atom is 0.265 e. The van der Waals surface area contributed by atoms with Crippen LogP contribution in [0.4, 0.5) is 0 Å². The fourth-order valence-electron chi connectivity index (χ4n) is 1.36. The van der Waals surface area contributed by atoms with Gasteiger partial charge in [-0.3, -0.25) is 10.2 Å². The lowest BCUT2D eigenvalue weighted by Crippen LogP contribution is -2.29. The fourth-order valence-corrected chi connectivity index (χ4v) is 2.26. The first-order valence-corrected chi connectivity index (χ1v) is 7.34. The molecular weight excluding hydrogens is 262 g/mol. The summed E-state index contributed by atoms with van der Waals surface area (Å²) in [7, 11) is 0. The monoisotopic (exact) mass is 283 g/mol. The molecule has 1 unspecified atom stereocenters. The van der Waals surface area contributed by atoms with Gasteiger partial charge in [0.25, 0.3) is 5.91 Å². The van der Waals surface area contributed by atoms with Crippen molar-refractivity contribution in [3.8, 4) is 5.75 Å². The molecule has 5 N–H and O–H groups in total. The highest BCUT2D eigenvalue weighted by atomic mass is 32.2. The van der Waals surface area contributed by atoms with E-state index in [9.17, 15) is 4.79 Å². The van der Waals surface area contributed by atoms with E-state index >= 15 is 0 Å². The number of hydrazine groups is 1. The van der Waals surface area contributed by atoms with E-state index in [0.717, 1.165) is 23.8 Å². The molecule has 0 aliphatic heterocycles. The number of nitrogen functional groups attached to an aromatic ring is 1. The topological polar surface area (TPSA) is 90.4 Å². The second kappa shape index (κ2) is 8.79. The molecule has 0 radical (unpaired) electrons. The van der Waals surface area contributed by atoms with Gasteiger partial charge in [0, 0.05) is 11.3 Å². The molecule has 0 aliphatic carbocycles. The molecule has 0 spiro atoms. The number of carbonyl (C=O) groups is 1. The first kappa shape index (κ1) is 15.8. The van der Waals surface area contributed by atoms with E-state index < -0.39 is 0 Å². The maximum atomic E-state index is 11.2. The maximum absolute atomic E-state index is 11.2. The van der Waals surface area contributed by atoms with Gasteiger partial charge in [-0.05, 0) is 42.5 Å². The quantitative estimate of drug-likeness (QED) is 0.286. The van der Waals surface area contributed by atoms with Crippen LogP contribution in [-0.2, 0) is 0 Å². The molecule has 0 aromatic heterocycles. The first-order chi connectivity index (χ1) is 9.17. The average molecular weight is 283 g/mol.